The van der Waals surface area contributed by atoms with Gasteiger partial charge in [-0.3, -0.25) is 4.79 Å². The summed E-state index contributed by atoms with van der Waals surface area (Å²) in [5.41, 5.74) is 5.71. The minimum Gasteiger partial charge on any atom is -0.342 e. The Hall–Kier alpha value is -3.81. The minimum absolute atomic E-state index is 0.0671. The number of imidazole rings is 2. The van der Waals surface area contributed by atoms with Crippen LogP contribution in [0, 0.1) is 0 Å². The van der Waals surface area contributed by atoms with Gasteiger partial charge in [-0.05, 0) is 47.9 Å². The molecule has 1 aliphatic heterocycles. The molecule has 7 rings (SSSR count). The van der Waals surface area contributed by atoms with Gasteiger partial charge >= 0.3 is 0 Å². The molecular formula is C33H35F2N5O. The van der Waals surface area contributed by atoms with Crippen molar-refractivity contribution in [2.24, 2.45) is 0 Å². The number of halogens is 2. The normalized spacial score (nSPS) is 20.7. The first-order valence-electron chi connectivity index (χ1n) is 14.7. The Morgan fingerprint density at radius 3 is 1.63 bits per heavy atom. The minimum atomic E-state index is -2.67. The Balaban J connectivity index is 1.05. The predicted octanol–water partition coefficient (Wildman–Crippen LogP) is 7.25. The summed E-state index contributed by atoms with van der Waals surface area (Å²) >= 11 is 0. The number of nitrogens with zero attached hydrogens (tertiary/aromatic N) is 3. The van der Waals surface area contributed by atoms with Crippen molar-refractivity contribution >= 4 is 5.91 Å². The van der Waals surface area contributed by atoms with E-state index in [1.54, 1.807) is 11.1 Å². The van der Waals surface area contributed by atoms with Gasteiger partial charge in [0.05, 0.1) is 23.8 Å². The molecule has 1 amide bonds. The molecular weight excluding hydrogens is 520 g/mol. The number of hydrogen-bond donors (Lipinski definition) is 2. The number of carbonyl (C=O) groups is 1. The first kappa shape index (κ1) is 26.1. The molecule has 2 aromatic heterocycles. The summed E-state index contributed by atoms with van der Waals surface area (Å²) in [7, 11) is 0. The van der Waals surface area contributed by atoms with Crippen LogP contribution in [0.4, 0.5) is 8.78 Å². The molecule has 0 bridgehead atoms. The third-order valence-corrected chi connectivity index (χ3v) is 9.76. The number of H-pyrrole nitrogens is 2. The maximum absolute atomic E-state index is 13.7. The zero-order valence-corrected chi connectivity index (χ0v) is 23.4. The molecule has 0 atom stereocenters. The second-order valence-electron chi connectivity index (χ2n) is 12.4. The van der Waals surface area contributed by atoms with Crippen molar-refractivity contribution in [3.8, 4) is 33.6 Å². The number of aromatic amines is 2. The average Bonchev–Trinajstić information content (AvgIpc) is 3.63. The summed E-state index contributed by atoms with van der Waals surface area (Å²) < 4.78 is 27.3. The van der Waals surface area contributed by atoms with Crippen LogP contribution in [0.2, 0.25) is 0 Å². The van der Waals surface area contributed by atoms with Gasteiger partial charge in [0.15, 0.2) is 0 Å². The summed E-state index contributed by atoms with van der Waals surface area (Å²) in [4.78, 5) is 31.3. The number of piperidine rings is 1. The van der Waals surface area contributed by atoms with Gasteiger partial charge in [0, 0.05) is 31.3 Å². The van der Waals surface area contributed by atoms with Crippen molar-refractivity contribution in [1.29, 1.82) is 0 Å². The lowest BCUT2D eigenvalue weighted by Gasteiger charge is -2.44. The quantitative estimate of drug-likeness (QED) is 0.263. The van der Waals surface area contributed by atoms with Crippen LogP contribution in [0.5, 0.6) is 0 Å². The van der Waals surface area contributed by atoms with E-state index >= 15 is 0 Å². The third kappa shape index (κ3) is 4.57. The molecule has 3 aliphatic rings. The number of alkyl halides is 2. The van der Waals surface area contributed by atoms with Crippen LogP contribution in [0.25, 0.3) is 33.6 Å². The maximum atomic E-state index is 13.7. The summed E-state index contributed by atoms with van der Waals surface area (Å²) in [6.45, 7) is 2.49. The van der Waals surface area contributed by atoms with E-state index in [-0.39, 0.29) is 37.3 Å². The zero-order valence-electron chi connectivity index (χ0n) is 23.4. The number of amides is 1. The van der Waals surface area contributed by atoms with E-state index in [0.29, 0.717) is 18.7 Å². The lowest BCUT2D eigenvalue weighted by atomic mass is 9.67. The Morgan fingerprint density at radius 1 is 0.707 bits per heavy atom. The fraction of sp³-hybridized carbons (Fsp3) is 0.424. The standard InChI is InChI=1S/C33H35F2N5O/c1-31(12-2-13-31)28-36-20-26(38-28)24-8-4-22(5-9-24)23-6-10-25(11-7-23)27-21-37-29(39-27)32(14-3-15-32)30(41)40-18-16-33(34,35)17-19-40/h4-11,20-21H,2-3,12-19H2,1H3,(H,36,38)(H,37,39). The fourth-order valence-electron chi connectivity index (χ4n) is 6.54. The number of benzene rings is 2. The highest BCUT2D eigenvalue weighted by atomic mass is 19.3. The van der Waals surface area contributed by atoms with Crippen LogP contribution in [-0.2, 0) is 15.6 Å². The number of nitrogens with one attached hydrogen (secondary N) is 2. The van der Waals surface area contributed by atoms with E-state index in [1.165, 1.54) is 19.3 Å². The monoisotopic (exact) mass is 555 g/mol. The molecule has 6 nitrogen and oxygen atoms in total. The first-order valence-corrected chi connectivity index (χ1v) is 14.7. The van der Waals surface area contributed by atoms with Gasteiger partial charge in [0.1, 0.15) is 17.1 Å². The van der Waals surface area contributed by atoms with Crippen molar-refractivity contribution in [2.75, 3.05) is 13.1 Å². The number of hydrogen-bond acceptors (Lipinski definition) is 3. The molecule has 0 unspecified atom stereocenters. The second-order valence-corrected chi connectivity index (χ2v) is 12.4. The van der Waals surface area contributed by atoms with E-state index < -0.39 is 11.3 Å². The molecule has 0 radical (unpaired) electrons. The van der Waals surface area contributed by atoms with Gasteiger partial charge in [0.2, 0.25) is 5.91 Å². The van der Waals surface area contributed by atoms with Crippen LogP contribution < -0.4 is 0 Å². The molecule has 41 heavy (non-hydrogen) atoms. The van der Waals surface area contributed by atoms with Gasteiger partial charge in [0.25, 0.3) is 5.92 Å². The highest BCUT2D eigenvalue weighted by molar-refractivity contribution is 5.88. The van der Waals surface area contributed by atoms with Gasteiger partial charge in [-0.2, -0.15) is 0 Å². The summed E-state index contributed by atoms with van der Waals surface area (Å²) in [5.74, 6) is -1.01. The van der Waals surface area contributed by atoms with Crippen LogP contribution in [-0.4, -0.2) is 49.8 Å². The molecule has 1 saturated heterocycles. The third-order valence-electron chi connectivity index (χ3n) is 9.76. The molecule has 0 spiro atoms. The number of carbonyl (C=O) groups excluding carboxylic acids is 1. The fourth-order valence-corrected chi connectivity index (χ4v) is 6.54. The molecule has 2 N–H and O–H groups in total. The highest BCUT2D eigenvalue weighted by Crippen LogP contribution is 2.45. The van der Waals surface area contributed by atoms with E-state index in [0.717, 1.165) is 45.9 Å². The smallest absolute Gasteiger partial charge is 0.251 e. The van der Waals surface area contributed by atoms with Crippen molar-refractivity contribution < 1.29 is 13.6 Å². The van der Waals surface area contributed by atoms with Crippen molar-refractivity contribution in [1.82, 2.24) is 24.8 Å². The largest absolute Gasteiger partial charge is 0.342 e. The Morgan fingerprint density at radius 2 is 1.17 bits per heavy atom. The number of likely N-dealkylation sites (tertiary alicyclic amines) is 1. The molecule has 2 saturated carbocycles. The van der Waals surface area contributed by atoms with E-state index in [2.05, 4.69) is 75.4 Å². The number of rotatable bonds is 6. The molecule has 3 heterocycles. The molecule has 8 heteroatoms. The lowest BCUT2D eigenvalue weighted by Crippen LogP contribution is -2.54. The summed E-state index contributed by atoms with van der Waals surface area (Å²) in [5, 5.41) is 0. The highest BCUT2D eigenvalue weighted by Gasteiger charge is 2.51. The zero-order chi connectivity index (χ0) is 28.2. The Kier molecular flexibility index (Phi) is 6.14. The van der Waals surface area contributed by atoms with Gasteiger partial charge in [-0.25, -0.2) is 18.7 Å². The van der Waals surface area contributed by atoms with E-state index in [4.69, 9.17) is 0 Å². The SMILES string of the molecule is CC1(c2ncc(-c3ccc(-c4ccc(-c5cnc(C6(C(=O)N7CCC(F)(F)CC7)CCC6)[nH]5)cc4)cc3)[nH]2)CCC1. The molecule has 3 fully saturated rings. The van der Waals surface area contributed by atoms with Crippen LogP contribution in [0.15, 0.2) is 60.9 Å². The predicted molar refractivity (Wildman–Crippen MR) is 155 cm³/mol. The van der Waals surface area contributed by atoms with E-state index in [9.17, 15) is 13.6 Å². The van der Waals surface area contributed by atoms with Crippen molar-refractivity contribution in [3.05, 3.63) is 72.6 Å². The van der Waals surface area contributed by atoms with Gasteiger partial charge in [-0.15, -0.1) is 0 Å². The Labute approximate surface area is 238 Å². The van der Waals surface area contributed by atoms with Gasteiger partial charge in [-0.1, -0.05) is 68.3 Å². The summed E-state index contributed by atoms with van der Waals surface area (Å²) in [6.07, 6.45) is 9.15. The van der Waals surface area contributed by atoms with Crippen LogP contribution in [0.3, 0.4) is 0 Å². The molecule has 4 aromatic rings. The van der Waals surface area contributed by atoms with Crippen molar-refractivity contribution in [2.45, 2.75) is 75.0 Å². The second kappa shape index (κ2) is 9.64. The topological polar surface area (TPSA) is 77.7 Å². The summed E-state index contributed by atoms with van der Waals surface area (Å²) in [6, 6.07) is 16.8. The Bertz CT molecular complexity index is 1550. The van der Waals surface area contributed by atoms with Crippen LogP contribution >= 0.6 is 0 Å². The molecule has 2 aliphatic carbocycles. The van der Waals surface area contributed by atoms with Gasteiger partial charge < -0.3 is 14.9 Å². The molecule has 212 valence electrons. The van der Waals surface area contributed by atoms with Crippen molar-refractivity contribution in [3.63, 3.8) is 0 Å². The average molecular weight is 556 g/mol. The lowest BCUT2D eigenvalue weighted by molar-refractivity contribution is -0.147. The molecule has 2 aromatic carbocycles. The number of aromatic nitrogens is 4. The first-order chi connectivity index (χ1) is 19.7. The maximum Gasteiger partial charge on any atom is 0.251 e. The van der Waals surface area contributed by atoms with Crippen LogP contribution in [0.1, 0.15) is 69.9 Å². The van der Waals surface area contributed by atoms with E-state index in [1.807, 2.05) is 6.20 Å².